The molecule has 0 bridgehead atoms. The molecule has 1 aliphatic heterocycles. The minimum Gasteiger partial charge on any atom is -0.494 e. The van der Waals surface area contributed by atoms with E-state index in [4.69, 9.17) is 9.47 Å². The van der Waals surface area contributed by atoms with E-state index < -0.39 is 0 Å². The number of ether oxygens (including phenoxy) is 2. The van der Waals surface area contributed by atoms with Gasteiger partial charge in [0.2, 0.25) is 0 Å². The van der Waals surface area contributed by atoms with Crippen molar-refractivity contribution in [2.45, 2.75) is 32.3 Å². The Hall–Kier alpha value is -1.79. The maximum Gasteiger partial charge on any atom is 0.319 e. The fourth-order valence-corrected chi connectivity index (χ4v) is 2.65. The zero-order valence-electron chi connectivity index (χ0n) is 13.6. The summed E-state index contributed by atoms with van der Waals surface area (Å²) in [6, 6.07) is 6.94. The van der Waals surface area contributed by atoms with Crippen LogP contribution in [-0.4, -0.2) is 43.6 Å². The van der Waals surface area contributed by atoms with Crippen LogP contribution in [0.5, 0.6) is 5.75 Å². The molecule has 0 aliphatic carbocycles. The largest absolute Gasteiger partial charge is 0.494 e. The second-order valence-electron chi connectivity index (χ2n) is 5.64. The Kier molecular flexibility index (Phi) is 7.16. The van der Waals surface area contributed by atoms with Crippen LogP contribution >= 0.6 is 0 Å². The summed E-state index contributed by atoms with van der Waals surface area (Å²) in [5, 5.41) is 15.6. The van der Waals surface area contributed by atoms with Gasteiger partial charge in [-0.1, -0.05) is 0 Å². The quantitative estimate of drug-likeness (QED) is 0.720. The molecule has 1 fully saturated rings. The van der Waals surface area contributed by atoms with Crippen molar-refractivity contribution < 1.29 is 19.4 Å². The van der Waals surface area contributed by atoms with Gasteiger partial charge in [-0.15, -0.1) is 0 Å². The van der Waals surface area contributed by atoms with Crippen LogP contribution < -0.4 is 15.4 Å². The number of nitrogens with one attached hydrogen (secondary N) is 2. The number of aliphatic hydroxyl groups excluding tert-OH is 1. The van der Waals surface area contributed by atoms with E-state index in [1.807, 2.05) is 19.1 Å². The summed E-state index contributed by atoms with van der Waals surface area (Å²) in [6.45, 7) is 4.42. The molecule has 1 atom stereocenters. The van der Waals surface area contributed by atoms with E-state index in [-0.39, 0.29) is 18.1 Å². The standard InChI is InChI=1S/C17H26N2O4/c1-2-23-15-5-3-14(4-6-15)19-17(21)18-10-7-16(20)13-8-11-22-12-9-13/h3-6,13,16,20H,2,7-12H2,1H3,(H2,18,19,21)/t16-/m0/s1. The Balaban J connectivity index is 1.66. The highest BCUT2D eigenvalue weighted by Crippen LogP contribution is 2.20. The molecule has 1 saturated heterocycles. The first-order chi connectivity index (χ1) is 11.2. The highest BCUT2D eigenvalue weighted by Gasteiger charge is 2.21. The Labute approximate surface area is 137 Å². The van der Waals surface area contributed by atoms with Gasteiger partial charge in [0.25, 0.3) is 0 Å². The molecule has 2 rings (SSSR count). The molecule has 0 unspecified atom stereocenters. The van der Waals surface area contributed by atoms with Crippen LogP contribution in [-0.2, 0) is 4.74 Å². The van der Waals surface area contributed by atoms with Crippen molar-refractivity contribution >= 4 is 11.7 Å². The van der Waals surface area contributed by atoms with Gasteiger partial charge in [0.1, 0.15) is 5.75 Å². The molecule has 1 heterocycles. The first-order valence-corrected chi connectivity index (χ1v) is 8.22. The maximum atomic E-state index is 11.8. The smallest absolute Gasteiger partial charge is 0.319 e. The van der Waals surface area contributed by atoms with Crippen molar-refractivity contribution in [1.82, 2.24) is 5.32 Å². The zero-order valence-corrected chi connectivity index (χ0v) is 13.6. The number of carbonyl (C=O) groups is 1. The summed E-state index contributed by atoms with van der Waals surface area (Å²) in [5.74, 6) is 1.05. The van der Waals surface area contributed by atoms with E-state index in [0.717, 1.165) is 18.6 Å². The lowest BCUT2D eigenvalue weighted by molar-refractivity contribution is 0.00549. The van der Waals surface area contributed by atoms with E-state index in [9.17, 15) is 9.90 Å². The number of rotatable bonds is 7. The topological polar surface area (TPSA) is 79.8 Å². The molecular weight excluding hydrogens is 296 g/mol. The van der Waals surface area contributed by atoms with Crippen molar-refractivity contribution in [3.63, 3.8) is 0 Å². The monoisotopic (exact) mass is 322 g/mol. The zero-order chi connectivity index (χ0) is 16.5. The summed E-state index contributed by atoms with van der Waals surface area (Å²) in [6.07, 6.45) is 1.95. The minimum atomic E-state index is -0.385. The molecule has 1 aromatic carbocycles. The summed E-state index contributed by atoms with van der Waals surface area (Å²) >= 11 is 0. The third-order valence-corrected chi connectivity index (χ3v) is 3.96. The number of hydrogen-bond donors (Lipinski definition) is 3. The van der Waals surface area contributed by atoms with E-state index in [1.54, 1.807) is 12.1 Å². The van der Waals surface area contributed by atoms with Crippen molar-refractivity contribution in [3.05, 3.63) is 24.3 Å². The van der Waals surface area contributed by atoms with E-state index >= 15 is 0 Å². The van der Waals surface area contributed by atoms with Crippen molar-refractivity contribution in [2.75, 3.05) is 31.7 Å². The third kappa shape index (κ3) is 6.08. The van der Waals surface area contributed by atoms with E-state index in [2.05, 4.69) is 10.6 Å². The molecule has 0 radical (unpaired) electrons. The van der Waals surface area contributed by atoms with Gasteiger partial charge in [-0.3, -0.25) is 0 Å². The van der Waals surface area contributed by atoms with Gasteiger partial charge in [-0.2, -0.15) is 0 Å². The van der Waals surface area contributed by atoms with Gasteiger partial charge in [0.15, 0.2) is 0 Å². The average molecular weight is 322 g/mol. The lowest BCUT2D eigenvalue weighted by atomic mass is 9.92. The van der Waals surface area contributed by atoms with Crippen molar-refractivity contribution in [3.8, 4) is 5.75 Å². The Morgan fingerprint density at radius 2 is 2.04 bits per heavy atom. The number of carbonyl (C=O) groups excluding carboxylic acids is 1. The molecule has 6 heteroatoms. The molecule has 128 valence electrons. The predicted molar refractivity (Wildman–Crippen MR) is 88.8 cm³/mol. The third-order valence-electron chi connectivity index (χ3n) is 3.96. The Morgan fingerprint density at radius 3 is 2.70 bits per heavy atom. The molecule has 0 aromatic heterocycles. The molecule has 3 N–H and O–H groups in total. The van der Waals surface area contributed by atoms with Crippen LogP contribution in [0.3, 0.4) is 0 Å². The molecule has 23 heavy (non-hydrogen) atoms. The van der Waals surface area contributed by atoms with Gasteiger partial charge < -0.3 is 25.2 Å². The highest BCUT2D eigenvalue weighted by molar-refractivity contribution is 5.89. The van der Waals surface area contributed by atoms with E-state index in [0.29, 0.717) is 38.5 Å². The second-order valence-corrected chi connectivity index (χ2v) is 5.64. The molecule has 2 amide bonds. The number of aliphatic hydroxyl groups is 1. The Morgan fingerprint density at radius 1 is 1.35 bits per heavy atom. The number of benzene rings is 1. The van der Waals surface area contributed by atoms with Gasteiger partial charge in [0, 0.05) is 25.4 Å². The van der Waals surface area contributed by atoms with Crippen LogP contribution in [0.25, 0.3) is 0 Å². The van der Waals surface area contributed by atoms with Gasteiger partial charge in [-0.05, 0) is 56.4 Å². The van der Waals surface area contributed by atoms with Crippen LogP contribution in [0.4, 0.5) is 10.5 Å². The number of urea groups is 1. The van der Waals surface area contributed by atoms with Crippen molar-refractivity contribution in [2.24, 2.45) is 5.92 Å². The summed E-state index contributed by atoms with van der Waals surface area (Å²) in [7, 11) is 0. The normalized spacial score (nSPS) is 16.6. The molecule has 1 aliphatic rings. The first-order valence-electron chi connectivity index (χ1n) is 8.22. The fraction of sp³-hybridized carbons (Fsp3) is 0.588. The van der Waals surface area contributed by atoms with Crippen LogP contribution in [0.2, 0.25) is 0 Å². The van der Waals surface area contributed by atoms with Gasteiger partial charge in [0.05, 0.1) is 12.7 Å². The molecule has 0 saturated carbocycles. The summed E-state index contributed by atoms with van der Waals surface area (Å²) in [4.78, 5) is 11.8. The lowest BCUT2D eigenvalue weighted by Crippen LogP contribution is -2.34. The SMILES string of the molecule is CCOc1ccc(NC(=O)NCC[C@H](O)C2CCOCC2)cc1. The van der Waals surface area contributed by atoms with Crippen LogP contribution in [0.15, 0.2) is 24.3 Å². The van der Waals surface area contributed by atoms with E-state index in [1.165, 1.54) is 0 Å². The average Bonchev–Trinajstić information content (AvgIpc) is 2.57. The van der Waals surface area contributed by atoms with Crippen LogP contribution in [0.1, 0.15) is 26.2 Å². The lowest BCUT2D eigenvalue weighted by Gasteiger charge is -2.26. The fourth-order valence-electron chi connectivity index (χ4n) is 2.65. The number of hydrogen-bond acceptors (Lipinski definition) is 4. The molecule has 6 nitrogen and oxygen atoms in total. The predicted octanol–water partition coefficient (Wildman–Crippen LogP) is 2.38. The van der Waals surface area contributed by atoms with Crippen LogP contribution in [0, 0.1) is 5.92 Å². The molecular formula is C17H26N2O4. The van der Waals surface area contributed by atoms with Crippen molar-refractivity contribution in [1.29, 1.82) is 0 Å². The van der Waals surface area contributed by atoms with Gasteiger partial charge >= 0.3 is 6.03 Å². The maximum absolute atomic E-state index is 11.8. The number of amides is 2. The summed E-state index contributed by atoms with van der Waals surface area (Å²) < 4.78 is 10.6. The Bertz CT molecular complexity index is 472. The number of anilines is 1. The molecule has 1 aromatic rings. The molecule has 0 spiro atoms. The minimum absolute atomic E-state index is 0.270. The van der Waals surface area contributed by atoms with Gasteiger partial charge in [-0.25, -0.2) is 4.79 Å². The summed E-state index contributed by atoms with van der Waals surface area (Å²) in [5.41, 5.74) is 0.705. The first kappa shape index (κ1) is 17.6. The highest BCUT2D eigenvalue weighted by atomic mass is 16.5. The second kappa shape index (κ2) is 9.37.